The first-order chi connectivity index (χ1) is 11.1. The molecule has 132 valence electrons. The van der Waals surface area contributed by atoms with Gasteiger partial charge in [-0.2, -0.15) is 13.2 Å². The van der Waals surface area contributed by atoms with E-state index in [2.05, 4.69) is 18.2 Å². The molecule has 0 amide bonds. The van der Waals surface area contributed by atoms with E-state index in [-0.39, 0.29) is 0 Å². The van der Waals surface area contributed by atoms with Crippen LogP contribution >= 0.6 is 0 Å². The number of phenolic OH excluding ortho intramolecular Hbond substituents is 1. The van der Waals surface area contributed by atoms with Crippen molar-refractivity contribution in [2.75, 3.05) is 11.5 Å². The van der Waals surface area contributed by atoms with Gasteiger partial charge in [0.15, 0.2) is 15.0 Å². The van der Waals surface area contributed by atoms with E-state index in [1.165, 1.54) is 40.0 Å². The number of hydrogen-bond donors (Lipinski definition) is 1. The molecule has 2 aromatic carbocycles. The van der Waals surface area contributed by atoms with Gasteiger partial charge in [-0.3, -0.25) is 0 Å². The highest BCUT2D eigenvalue weighted by atomic mass is 32.2. The topological polar surface area (TPSA) is 77.4 Å². The van der Waals surface area contributed by atoms with Crippen molar-refractivity contribution in [3.05, 3.63) is 36.4 Å². The van der Waals surface area contributed by atoms with Gasteiger partial charge in [0.1, 0.15) is 17.3 Å². The highest BCUT2D eigenvalue weighted by Gasteiger charge is 2.36. The molecule has 9 heteroatoms. The van der Waals surface area contributed by atoms with Crippen molar-refractivity contribution >= 4 is 31.8 Å². The Morgan fingerprint density at radius 1 is 1.08 bits per heavy atom. The van der Waals surface area contributed by atoms with Gasteiger partial charge >= 0.3 is 5.51 Å². The Balaban J connectivity index is 0.000000224. The Labute approximate surface area is 140 Å². The zero-order chi connectivity index (χ0) is 18.0. The van der Waals surface area contributed by atoms with Gasteiger partial charge in [0, 0.05) is 16.3 Å². The lowest BCUT2D eigenvalue weighted by molar-refractivity contribution is -0.0517. The molecule has 0 aliphatic carbocycles. The van der Waals surface area contributed by atoms with Crippen molar-refractivity contribution in [1.82, 2.24) is 0 Å². The smallest absolute Gasteiger partial charge is 0.485 e. The van der Waals surface area contributed by atoms with Gasteiger partial charge < -0.3 is 9.66 Å². The molecular weight excluding hydrogens is 365 g/mol. The Morgan fingerprint density at radius 2 is 1.67 bits per heavy atom. The average Bonchev–Trinajstić information content (AvgIpc) is 2.99. The summed E-state index contributed by atoms with van der Waals surface area (Å²) < 4.78 is 58.9. The van der Waals surface area contributed by atoms with Gasteiger partial charge in [-0.1, -0.05) is 18.2 Å². The number of fused-ring (bicyclic) bond motifs is 1. The molecule has 0 unspecified atom stereocenters. The third-order valence-corrected chi connectivity index (χ3v) is 6.56. The fraction of sp³-hybridized carbons (Fsp3) is 0.333. The molecule has 1 fully saturated rings. The number of aromatic hydroxyl groups is 1. The largest absolute Gasteiger partial charge is 0.741 e. The van der Waals surface area contributed by atoms with E-state index in [0.29, 0.717) is 16.6 Å². The van der Waals surface area contributed by atoms with E-state index in [1.807, 2.05) is 12.1 Å². The molecule has 24 heavy (non-hydrogen) atoms. The summed E-state index contributed by atoms with van der Waals surface area (Å²) in [5.74, 6) is 3.03. The summed E-state index contributed by atoms with van der Waals surface area (Å²) in [6.07, 6.45) is 2.72. The van der Waals surface area contributed by atoms with Crippen LogP contribution in [0.25, 0.3) is 10.8 Å². The van der Waals surface area contributed by atoms with Gasteiger partial charge in [-0.05, 0) is 36.4 Å². The molecule has 1 saturated heterocycles. The molecule has 0 atom stereocenters. The highest BCUT2D eigenvalue weighted by Crippen LogP contribution is 2.31. The zero-order valence-electron chi connectivity index (χ0n) is 12.4. The lowest BCUT2D eigenvalue weighted by Crippen LogP contribution is -2.21. The Hall–Kier alpha value is -1.45. The second kappa shape index (κ2) is 7.20. The van der Waals surface area contributed by atoms with Crippen molar-refractivity contribution in [2.45, 2.75) is 23.2 Å². The molecule has 1 aliphatic rings. The minimum Gasteiger partial charge on any atom is -0.741 e. The maximum atomic E-state index is 10.7. The van der Waals surface area contributed by atoms with E-state index in [0.717, 1.165) is 0 Å². The molecule has 0 aromatic heterocycles. The summed E-state index contributed by atoms with van der Waals surface area (Å²) in [7, 11) is -5.67. The first-order valence-corrected chi connectivity index (χ1v) is 9.98. The Bertz CT molecular complexity index is 813. The maximum Gasteiger partial charge on any atom is 0.485 e. The minimum atomic E-state index is -6.09. The predicted octanol–water partition coefficient (Wildman–Crippen LogP) is 3.37. The Morgan fingerprint density at radius 3 is 2.21 bits per heavy atom. The van der Waals surface area contributed by atoms with Crippen LogP contribution in [0.2, 0.25) is 0 Å². The molecule has 1 heterocycles. The third kappa shape index (κ3) is 4.55. The van der Waals surface area contributed by atoms with E-state index in [9.17, 15) is 18.3 Å². The van der Waals surface area contributed by atoms with E-state index >= 15 is 0 Å². The average molecular weight is 380 g/mol. The monoisotopic (exact) mass is 380 g/mol. The van der Waals surface area contributed by atoms with Crippen LogP contribution < -0.4 is 0 Å². The summed E-state index contributed by atoms with van der Waals surface area (Å²) in [4.78, 5) is 1.45. The molecule has 0 saturated carbocycles. The van der Waals surface area contributed by atoms with Crippen LogP contribution in [0.3, 0.4) is 0 Å². The summed E-state index contributed by atoms with van der Waals surface area (Å²) in [5.41, 5.74) is -5.65. The van der Waals surface area contributed by atoms with Crippen LogP contribution in [0.1, 0.15) is 12.8 Å². The first-order valence-electron chi connectivity index (χ1n) is 7.01. The van der Waals surface area contributed by atoms with Crippen molar-refractivity contribution in [2.24, 2.45) is 0 Å². The van der Waals surface area contributed by atoms with Gasteiger partial charge in [0.2, 0.25) is 0 Å². The van der Waals surface area contributed by atoms with Crippen LogP contribution in [0.15, 0.2) is 41.3 Å². The molecule has 0 spiro atoms. The van der Waals surface area contributed by atoms with Gasteiger partial charge in [0.05, 0.1) is 0 Å². The van der Waals surface area contributed by atoms with Crippen LogP contribution in [0.4, 0.5) is 13.2 Å². The molecule has 2 aromatic rings. The van der Waals surface area contributed by atoms with Gasteiger partial charge in [0.25, 0.3) is 0 Å². The van der Waals surface area contributed by atoms with Gasteiger partial charge in [-0.15, -0.1) is 0 Å². The summed E-state index contributed by atoms with van der Waals surface area (Å²) in [5, 5.41) is 12.1. The molecule has 0 bridgehead atoms. The van der Waals surface area contributed by atoms with Crippen LogP contribution in [0.5, 0.6) is 5.75 Å². The standard InChI is InChI=1S/C14H14OS.CHF3O3S/c15-12-7-6-11-4-3-5-14(13(11)10-12)16-8-1-2-9-16;2-1(3,4)8(5,6)7/h3-7,10H,1-2,8-9H2;(H,5,6,7). The minimum absolute atomic E-state index is 0.378. The number of alkyl halides is 3. The fourth-order valence-electron chi connectivity index (χ4n) is 2.36. The van der Waals surface area contributed by atoms with E-state index in [4.69, 9.17) is 13.0 Å². The fourth-order valence-corrected chi connectivity index (χ4v) is 4.87. The second-order valence-corrected chi connectivity index (χ2v) is 8.78. The number of halogens is 3. The zero-order valence-corrected chi connectivity index (χ0v) is 14.0. The lowest BCUT2D eigenvalue weighted by atomic mass is 10.1. The number of hydrogen-bond acceptors (Lipinski definition) is 4. The van der Waals surface area contributed by atoms with Crippen molar-refractivity contribution < 1.29 is 31.2 Å². The first kappa shape index (κ1) is 18.9. The van der Waals surface area contributed by atoms with Crippen molar-refractivity contribution in [3.63, 3.8) is 0 Å². The van der Waals surface area contributed by atoms with Crippen LogP contribution in [-0.2, 0) is 21.0 Å². The SMILES string of the molecule is O=S(=O)([O-])C(F)(F)F.Oc1ccc2cccc([S+]3CCCC3)c2c1. The van der Waals surface area contributed by atoms with Crippen LogP contribution in [0, 0.1) is 0 Å². The maximum absolute atomic E-state index is 10.7. The van der Waals surface area contributed by atoms with Gasteiger partial charge in [-0.25, -0.2) is 8.42 Å². The van der Waals surface area contributed by atoms with Crippen molar-refractivity contribution in [3.8, 4) is 5.75 Å². The second-order valence-electron chi connectivity index (χ2n) is 5.17. The summed E-state index contributed by atoms with van der Waals surface area (Å²) in [6.45, 7) is 0. The molecule has 4 nitrogen and oxygen atoms in total. The molecular formula is C15H15F3O4S2. The predicted molar refractivity (Wildman–Crippen MR) is 86.0 cm³/mol. The lowest BCUT2D eigenvalue weighted by Gasteiger charge is -2.08. The highest BCUT2D eigenvalue weighted by molar-refractivity contribution is 7.97. The Kier molecular flexibility index (Phi) is 5.67. The number of rotatable bonds is 1. The normalized spacial score (nSPS) is 16.0. The van der Waals surface area contributed by atoms with Crippen LogP contribution in [-0.4, -0.2) is 35.1 Å². The quantitative estimate of drug-likeness (QED) is 0.467. The van der Waals surface area contributed by atoms with E-state index < -0.39 is 15.6 Å². The summed E-state index contributed by atoms with van der Waals surface area (Å²) >= 11 is 0. The molecule has 1 aliphatic heterocycles. The molecule has 0 radical (unpaired) electrons. The summed E-state index contributed by atoms with van der Waals surface area (Å²) in [6, 6.07) is 12.2. The molecule has 1 N–H and O–H groups in total. The van der Waals surface area contributed by atoms with E-state index in [1.54, 1.807) is 6.07 Å². The number of benzene rings is 2. The third-order valence-electron chi connectivity index (χ3n) is 3.45. The number of phenols is 1. The molecule has 3 rings (SSSR count). The van der Waals surface area contributed by atoms with Crippen molar-refractivity contribution in [1.29, 1.82) is 0 Å².